The molecule has 0 spiro atoms. The largest absolute Gasteiger partial charge is 0.383 e. The Balaban J connectivity index is 1.58. The van der Waals surface area contributed by atoms with E-state index in [1.165, 1.54) is 32.1 Å². The molecule has 4 saturated carbocycles. The summed E-state index contributed by atoms with van der Waals surface area (Å²) in [5.41, 5.74) is 6.30. The van der Waals surface area contributed by atoms with Crippen LogP contribution in [0.2, 0.25) is 0 Å². The first-order valence-corrected chi connectivity index (χ1v) is 7.69. The van der Waals surface area contributed by atoms with Gasteiger partial charge < -0.3 is 10.6 Å². The second kappa shape index (κ2) is 4.24. The molecular formula is C15H22N4O. The van der Waals surface area contributed by atoms with Crippen LogP contribution < -0.4 is 5.73 Å². The average Bonchev–Trinajstić information content (AvgIpc) is 2.82. The lowest BCUT2D eigenvalue weighted by Crippen LogP contribution is -2.56. The minimum atomic E-state index is 0.0220. The van der Waals surface area contributed by atoms with E-state index in [0.717, 1.165) is 11.8 Å². The number of anilines is 1. The van der Waals surface area contributed by atoms with E-state index in [4.69, 9.17) is 5.73 Å². The molecule has 3 N–H and O–H groups in total. The summed E-state index contributed by atoms with van der Waals surface area (Å²) in [6.07, 6.45) is 8.24. The first-order chi connectivity index (χ1) is 9.63. The summed E-state index contributed by atoms with van der Waals surface area (Å²) in [6.45, 7) is 0. The van der Waals surface area contributed by atoms with Gasteiger partial charge in [-0.15, -0.1) is 0 Å². The third-order valence-corrected chi connectivity index (χ3v) is 5.84. The van der Waals surface area contributed by atoms with Gasteiger partial charge >= 0.3 is 0 Å². The van der Waals surface area contributed by atoms with E-state index in [1.54, 1.807) is 6.20 Å². The van der Waals surface area contributed by atoms with Crippen LogP contribution in [0.25, 0.3) is 0 Å². The molecule has 0 atom stereocenters. The van der Waals surface area contributed by atoms with Gasteiger partial charge in [0.15, 0.2) is 0 Å². The Morgan fingerprint density at radius 2 is 1.85 bits per heavy atom. The van der Waals surface area contributed by atoms with E-state index in [-0.39, 0.29) is 5.91 Å². The highest BCUT2D eigenvalue weighted by Crippen LogP contribution is 2.55. The molecule has 1 amide bonds. The molecule has 0 radical (unpaired) electrons. The highest BCUT2D eigenvalue weighted by Gasteiger charge is 2.50. The van der Waals surface area contributed by atoms with Crippen LogP contribution in [0.1, 0.15) is 42.5 Å². The second-order valence-corrected chi connectivity index (χ2v) is 7.03. The first kappa shape index (κ1) is 12.2. The molecule has 5 nitrogen and oxygen atoms in total. The zero-order valence-electron chi connectivity index (χ0n) is 11.9. The molecule has 20 heavy (non-hydrogen) atoms. The maximum absolute atomic E-state index is 12.6. The molecule has 4 fully saturated rings. The minimum Gasteiger partial charge on any atom is -0.383 e. The van der Waals surface area contributed by atoms with Crippen molar-refractivity contribution in [1.29, 1.82) is 0 Å². The van der Waals surface area contributed by atoms with Crippen LogP contribution in [0.5, 0.6) is 0 Å². The summed E-state index contributed by atoms with van der Waals surface area (Å²) < 4.78 is 0. The summed E-state index contributed by atoms with van der Waals surface area (Å²) in [6, 6.07) is 0.407. The highest BCUT2D eigenvalue weighted by molar-refractivity contribution is 5.98. The third-order valence-electron chi connectivity index (χ3n) is 5.84. The van der Waals surface area contributed by atoms with Crippen LogP contribution >= 0.6 is 0 Å². The van der Waals surface area contributed by atoms with Gasteiger partial charge in [-0.1, -0.05) is 0 Å². The van der Waals surface area contributed by atoms with E-state index >= 15 is 0 Å². The first-order valence-electron chi connectivity index (χ1n) is 7.69. The van der Waals surface area contributed by atoms with Gasteiger partial charge in [0, 0.05) is 13.1 Å². The molecule has 5 heteroatoms. The van der Waals surface area contributed by atoms with Crippen molar-refractivity contribution in [2.24, 2.45) is 23.7 Å². The van der Waals surface area contributed by atoms with Crippen LogP contribution in [-0.2, 0) is 0 Å². The topological polar surface area (TPSA) is 75.0 Å². The molecule has 1 heterocycles. The SMILES string of the molecule is CN(C(=O)c1cn[nH]c1N)C1C2CC3CC(C2)CC1C3. The smallest absolute Gasteiger partial charge is 0.259 e. The van der Waals surface area contributed by atoms with Gasteiger partial charge in [0.2, 0.25) is 0 Å². The third kappa shape index (κ3) is 1.68. The van der Waals surface area contributed by atoms with Gasteiger partial charge in [0.25, 0.3) is 5.91 Å². The number of carbonyl (C=O) groups excluding carboxylic acids is 1. The van der Waals surface area contributed by atoms with Crippen molar-refractivity contribution in [3.05, 3.63) is 11.8 Å². The molecule has 4 bridgehead atoms. The molecule has 0 unspecified atom stereocenters. The van der Waals surface area contributed by atoms with Gasteiger partial charge in [0.05, 0.1) is 6.20 Å². The number of nitrogens with two attached hydrogens (primary N) is 1. The molecule has 0 aliphatic heterocycles. The predicted octanol–water partition coefficient (Wildman–Crippen LogP) is 1.89. The summed E-state index contributed by atoms with van der Waals surface area (Å²) in [5, 5.41) is 6.52. The number of H-pyrrole nitrogens is 1. The standard InChI is InChI=1S/C15H22N4O/c1-19(15(20)12-7-17-18-14(12)16)13-10-3-8-2-9(5-10)6-11(13)4-8/h7-11,13H,2-6H2,1H3,(H3,16,17,18). The molecule has 1 aromatic rings. The van der Waals surface area contributed by atoms with Crippen LogP contribution in [0.4, 0.5) is 5.82 Å². The average molecular weight is 274 g/mol. The lowest BCUT2D eigenvalue weighted by molar-refractivity contribution is -0.0490. The number of nitrogens with one attached hydrogen (secondary N) is 1. The number of hydrogen-bond donors (Lipinski definition) is 2. The van der Waals surface area contributed by atoms with Crippen molar-refractivity contribution < 1.29 is 4.79 Å². The lowest BCUT2D eigenvalue weighted by Gasteiger charge is -2.56. The number of aromatic nitrogens is 2. The summed E-state index contributed by atoms with van der Waals surface area (Å²) in [5.74, 6) is 3.66. The van der Waals surface area contributed by atoms with Crippen LogP contribution in [0, 0.1) is 23.7 Å². The molecule has 0 saturated heterocycles. The quantitative estimate of drug-likeness (QED) is 0.864. The van der Waals surface area contributed by atoms with Crippen LogP contribution in [0.3, 0.4) is 0 Å². The van der Waals surface area contributed by atoms with Crippen molar-refractivity contribution in [1.82, 2.24) is 15.1 Å². The van der Waals surface area contributed by atoms with Gasteiger partial charge in [-0.3, -0.25) is 9.89 Å². The Kier molecular flexibility index (Phi) is 2.59. The number of nitrogens with zero attached hydrogens (tertiary/aromatic N) is 2. The van der Waals surface area contributed by atoms with Crippen molar-refractivity contribution in [3.8, 4) is 0 Å². The number of aromatic amines is 1. The molecule has 5 rings (SSSR count). The molecule has 4 aliphatic carbocycles. The lowest BCUT2D eigenvalue weighted by atomic mass is 9.54. The van der Waals surface area contributed by atoms with Gasteiger partial charge in [-0.05, 0) is 55.8 Å². The van der Waals surface area contributed by atoms with Crippen LogP contribution in [-0.4, -0.2) is 34.1 Å². The zero-order valence-corrected chi connectivity index (χ0v) is 11.9. The van der Waals surface area contributed by atoms with Crippen LogP contribution in [0.15, 0.2) is 6.20 Å². The van der Waals surface area contributed by atoms with E-state index < -0.39 is 0 Å². The highest BCUT2D eigenvalue weighted by atomic mass is 16.2. The molecule has 4 aliphatic rings. The molecular weight excluding hydrogens is 252 g/mol. The zero-order chi connectivity index (χ0) is 13.9. The Labute approximate surface area is 118 Å². The second-order valence-electron chi connectivity index (χ2n) is 7.03. The molecule has 1 aromatic heterocycles. The fourth-order valence-corrected chi connectivity index (χ4v) is 5.32. The van der Waals surface area contributed by atoms with E-state index in [9.17, 15) is 4.79 Å². The van der Waals surface area contributed by atoms with Gasteiger partial charge in [0.1, 0.15) is 11.4 Å². The van der Waals surface area contributed by atoms with Crippen molar-refractivity contribution in [2.75, 3.05) is 12.8 Å². The Morgan fingerprint density at radius 3 is 2.35 bits per heavy atom. The minimum absolute atomic E-state index is 0.0220. The van der Waals surface area contributed by atoms with E-state index in [1.807, 2.05) is 11.9 Å². The maximum atomic E-state index is 12.6. The fourth-order valence-electron chi connectivity index (χ4n) is 5.32. The van der Waals surface area contributed by atoms with Crippen molar-refractivity contribution in [3.63, 3.8) is 0 Å². The molecule has 108 valence electrons. The molecule has 0 aromatic carbocycles. The number of nitrogen functional groups attached to an aromatic ring is 1. The Morgan fingerprint density at radius 1 is 1.25 bits per heavy atom. The fraction of sp³-hybridized carbons (Fsp3) is 0.733. The van der Waals surface area contributed by atoms with Gasteiger partial charge in [-0.25, -0.2) is 0 Å². The van der Waals surface area contributed by atoms with Crippen molar-refractivity contribution >= 4 is 11.7 Å². The summed E-state index contributed by atoms with van der Waals surface area (Å²) >= 11 is 0. The number of rotatable bonds is 2. The van der Waals surface area contributed by atoms with Crippen molar-refractivity contribution in [2.45, 2.75) is 38.1 Å². The summed E-state index contributed by atoms with van der Waals surface area (Å²) in [4.78, 5) is 14.6. The van der Waals surface area contributed by atoms with E-state index in [0.29, 0.717) is 29.3 Å². The number of amides is 1. The maximum Gasteiger partial charge on any atom is 0.259 e. The Bertz CT molecular complexity index is 510. The normalized spacial score (nSPS) is 38.1. The van der Waals surface area contributed by atoms with E-state index in [2.05, 4.69) is 10.2 Å². The predicted molar refractivity (Wildman–Crippen MR) is 75.9 cm³/mol. The number of hydrogen-bond acceptors (Lipinski definition) is 3. The summed E-state index contributed by atoms with van der Waals surface area (Å²) in [7, 11) is 1.95. The monoisotopic (exact) mass is 274 g/mol. The number of carbonyl (C=O) groups is 1. The van der Waals surface area contributed by atoms with Gasteiger partial charge in [-0.2, -0.15) is 5.10 Å². The Hall–Kier alpha value is -1.52.